The van der Waals surface area contributed by atoms with Crippen molar-refractivity contribution in [1.82, 2.24) is 5.43 Å². The van der Waals surface area contributed by atoms with Gasteiger partial charge in [0.1, 0.15) is 0 Å². The van der Waals surface area contributed by atoms with Gasteiger partial charge in [0.05, 0.1) is 0 Å². The van der Waals surface area contributed by atoms with Crippen LogP contribution in [0.2, 0.25) is 0 Å². The first kappa shape index (κ1) is 12.4. The maximum atomic E-state index is 5.22. The summed E-state index contributed by atoms with van der Waals surface area (Å²) in [5.74, 6) is 10.8. The molecular formula is C10H18N4. The molecule has 0 aromatic heterocycles. The van der Waals surface area contributed by atoms with E-state index in [1.807, 2.05) is 45.0 Å². The second-order valence-electron chi connectivity index (χ2n) is 2.44. The van der Waals surface area contributed by atoms with Crippen molar-refractivity contribution in [1.29, 1.82) is 0 Å². The molecule has 4 nitrogen and oxygen atoms in total. The molecule has 0 amide bonds. The summed E-state index contributed by atoms with van der Waals surface area (Å²) in [6.07, 6.45) is 0. The van der Waals surface area contributed by atoms with Gasteiger partial charge in [-0.15, -0.1) is 0 Å². The summed E-state index contributed by atoms with van der Waals surface area (Å²) in [5, 5.41) is 3.52. The van der Waals surface area contributed by atoms with Gasteiger partial charge in [0.25, 0.3) is 0 Å². The van der Waals surface area contributed by atoms with Gasteiger partial charge >= 0.3 is 0 Å². The molecule has 0 bridgehead atoms. The Kier molecular flexibility index (Phi) is 6.15. The summed E-state index contributed by atoms with van der Waals surface area (Å²) in [4.78, 5) is 0. The van der Waals surface area contributed by atoms with Gasteiger partial charge in [-0.2, -0.15) is 5.10 Å². The van der Waals surface area contributed by atoms with E-state index in [-0.39, 0.29) is 0 Å². The molecule has 1 rings (SSSR count). The summed E-state index contributed by atoms with van der Waals surface area (Å²) in [6, 6.07) is 7.73. The molecule has 1 aromatic rings. The van der Waals surface area contributed by atoms with Crippen LogP contribution in [-0.4, -0.2) is 5.84 Å². The van der Waals surface area contributed by atoms with Crippen molar-refractivity contribution in [3.8, 4) is 0 Å². The maximum Gasteiger partial charge on any atom is 0.167 e. The SMILES string of the molecule is CC.Cc1ccccc1/C(=N/N)NN. The third-order valence-corrected chi connectivity index (χ3v) is 1.67. The molecule has 0 radical (unpaired) electrons. The molecule has 0 saturated heterocycles. The molecule has 0 heterocycles. The van der Waals surface area contributed by atoms with Gasteiger partial charge in [-0.1, -0.05) is 38.1 Å². The molecule has 4 heteroatoms. The van der Waals surface area contributed by atoms with Crippen LogP contribution in [0.1, 0.15) is 25.0 Å². The van der Waals surface area contributed by atoms with E-state index in [2.05, 4.69) is 10.5 Å². The number of hydrazine groups is 1. The summed E-state index contributed by atoms with van der Waals surface area (Å²) < 4.78 is 0. The Labute approximate surface area is 85.0 Å². The molecule has 0 atom stereocenters. The molecule has 1 aromatic carbocycles. The number of rotatable bonds is 1. The molecule has 0 saturated carbocycles. The van der Waals surface area contributed by atoms with E-state index in [1.54, 1.807) is 0 Å². The molecular weight excluding hydrogens is 176 g/mol. The van der Waals surface area contributed by atoms with Crippen LogP contribution < -0.4 is 17.1 Å². The molecule has 0 aliphatic rings. The van der Waals surface area contributed by atoms with Crippen LogP contribution in [0.5, 0.6) is 0 Å². The van der Waals surface area contributed by atoms with E-state index >= 15 is 0 Å². The first-order chi connectivity index (χ1) is 6.79. The average molecular weight is 194 g/mol. The largest absolute Gasteiger partial charge is 0.321 e. The normalized spacial score (nSPS) is 10.1. The zero-order valence-corrected chi connectivity index (χ0v) is 8.91. The van der Waals surface area contributed by atoms with Crippen molar-refractivity contribution in [3.63, 3.8) is 0 Å². The van der Waals surface area contributed by atoms with Gasteiger partial charge in [0.2, 0.25) is 0 Å². The van der Waals surface area contributed by atoms with Crippen LogP contribution in [0.25, 0.3) is 0 Å². The number of nitrogens with one attached hydrogen (secondary N) is 1. The smallest absolute Gasteiger partial charge is 0.167 e. The number of nitrogens with two attached hydrogens (primary N) is 2. The third-order valence-electron chi connectivity index (χ3n) is 1.67. The summed E-state index contributed by atoms with van der Waals surface area (Å²) in [7, 11) is 0. The highest BCUT2D eigenvalue weighted by atomic mass is 15.3. The van der Waals surface area contributed by atoms with Crippen LogP contribution in [0.4, 0.5) is 0 Å². The van der Waals surface area contributed by atoms with Crippen molar-refractivity contribution >= 4 is 5.84 Å². The fraction of sp³-hybridized carbons (Fsp3) is 0.300. The predicted molar refractivity (Wildman–Crippen MR) is 60.6 cm³/mol. The summed E-state index contributed by atoms with van der Waals surface area (Å²) >= 11 is 0. The number of nitrogens with zero attached hydrogens (tertiary/aromatic N) is 1. The highest BCUT2D eigenvalue weighted by Gasteiger charge is 2.02. The second kappa shape index (κ2) is 6.91. The Morgan fingerprint density at radius 2 is 1.86 bits per heavy atom. The number of hydrogen-bond donors (Lipinski definition) is 3. The van der Waals surface area contributed by atoms with Gasteiger partial charge in [0, 0.05) is 5.56 Å². The lowest BCUT2D eigenvalue weighted by Crippen LogP contribution is -2.32. The minimum Gasteiger partial charge on any atom is -0.321 e. The van der Waals surface area contributed by atoms with E-state index in [4.69, 9.17) is 11.7 Å². The van der Waals surface area contributed by atoms with Crippen LogP contribution >= 0.6 is 0 Å². The summed E-state index contributed by atoms with van der Waals surface area (Å²) in [5.41, 5.74) is 4.44. The van der Waals surface area contributed by atoms with Crippen molar-refractivity contribution in [3.05, 3.63) is 35.4 Å². The number of hydrazone groups is 1. The molecule has 5 N–H and O–H groups in total. The van der Waals surface area contributed by atoms with Crippen molar-refractivity contribution < 1.29 is 0 Å². The molecule has 0 fully saturated rings. The molecule has 0 unspecified atom stereocenters. The Hall–Kier alpha value is -1.55. The van der Waals surface area contributed by atoms with E-state index < -0.39 is 0 Å². The highest BCUT2D eigenvalue weighted by molar-refractivity contribution is 5.99. The van der Waals surface area contributed by atoms with Gasteiger partial charge in [0.15, 0.2) is 5.84 Å². The van der Waals surface area contributed by atoms with E-state index in [9.17, 15) is 0 Å². The zero-order valence-electron chi connectivity index (χ0n) is 8.91. The number of hydrogen-bond acceptors (Lipinski definition) is 3. The minimum absolute atomic E-state index is 0.494. The molecule has 78 valence electrons. The third kappa shape index (κ3) is 3.06. The highest BCUT2D eigenvalue weighted by Crippen LogP contribution is 2.05. The lowest BCUT2D eigenvalue weighted by molar-refractivity contribution is 1.00. The number of amidine groups is 1. The van der Waals surface area contributed by atoms with Crippen molar-refractivity contribution in [2.75, 3.05) is 0 Å². The lowest BCUT2D eigenvalue weighted by Gasteiger charge is -2.06. The number of aryl methyl sites for hydroxylation is 1. The monoisotopic (exact) mass is 194 g/mol. The van der Waals surface area contributed by atoms with E-state index in [0.29, 0.717) is 5.84 Å². The Balaban J connectivity index is 0.000000791. The predicted octanol–water partition coefficient (Wildman–Crippen LogP) is 1.10. The van der Waals surface area contributed by atoms with E-state index in [1.165, 1.54) is 0 Å². The Morgan fingerprint density at radius 1 is 1.29 bits per heavy atom. The first-order valence-electron chi connectivity index (χ1n) is 4.60. The van der Waals surface area contributed by atoms with Gasteiger partial charge < -0.3 is 11.3 Å². The lowest BCUT2D eigenvalue weighted by atomic mass is 10.1. The summed E-state index contributed by atoms with van der Waals surface area (Å²) in [6.45, 7) is 5.97. The Bertz CT molecular complexity index is 294. The van der Waals surface area contributed by atoms with Gasteiger partial charge in [-0.25, -0.2) is 5.84 Å². The molecule has 0 aliphatic carbocycles. The molecule has 0 spiro atoms. The fourth-order valence-electron chi connectivity index (χ4n) is 1.02. The van der Waals surface area contributed by atoms with Crippen molar-refractivity contribution in [2.45, 2.75) is 20.8 Å². The van der Waals surface area contributed by atoms with Gasteiger partial charge in [-0.05, 0) is 12.5 Å². The van der Waals surface area contributed by atoms with Crippen LogP contribution in [0.3, 0.4) is 0 Å². The van der Waals surface area contributed by atoms with Crippen molar-refractivity contribution in [2.24, 2.45) is 16.8 Å². The quantitative estimate of drug-likeness (QED) is 0.271. The second-order valence-corrected chi connectivity index (χ2v) is 2.44. The standard InChI is InChI=1S/C8H12N4.C2H6/c1-6-4-2-3-5-7(6)8(11-9)12-10;1-2/h2-5H,9-10H2,1H3,(H,11,12);1-2H3. The molecule has 0 aliphatic heterocycles. The van der Waals surface area contributed by atoms with E-state index in [0.717, 1.165) is 11.1 Å². The van der Waals surface area contributed by atoms with Gasteiger partial charge in [-0.3, -0.25) is 0 Å². The minimum atomic E-state index is 0.494. The van der Waals surface area contributed by atoms with Crippen LogP contribution in [0.15, 0.2) is 29.4 Å². The maximum absolute atomic E-state index is 5.22. The Morgan fingerprint density at radius 3 is 2.29 bits per heavy atom. The average Bonchev–Trinajstić information content (AvgIpc) is 2.25. The van der Waals surface area contributed by atoms with Crippen LogP contribution in [0, 0.1) is 6.92 Å². The van der Waals surface area contributed by atoms with Crippen LogP contribution in [-0.2, 0) is 0 Å². The first-order valence-corrected chi connectivity index (χ1v) is 4.60. The topological polar surface area (TPSA) is 76.4 Å². The fourth-order valence-corrected chi connectivity index (χ4v) is 1.02. The molecule has 14 heavy (non-hydrogen) atoms. The number of benzene rings is 1. The zero-order chi connectivity index (χ0) is 11.0.